The van der Waals surface area contributed by atoms with Crippen molar-refractivity contribution in [3.05, 3.63) is 12.4 Å². The highest BCUT2D eigenvalue weighted by molar-refractivity contribution is 6.86. The van der Waals surface area contributed by atoms with Gasteiger partial charge in [0.1, 0.15) is 0 Å². The molecule has 0 atom stereocenters. The predicted molar refractivity (Wildman–Crippen MR) is 86.2 cm³/mol. The fourth-order valence-corrected chi connectivity index (χ4v) is 4.05. The van der Waals surface area contributed by atoms with Gasteiger partial charge in [-0.15, -0.1) is 0 Å². The summed E-state index contributed by atoms with van der Waals surface area (Å²) in [5.41, 5.74) is 0.391. The number of hydrogen-bond donors (Lipinski definition) is 0. The van der Waals surface area contributed by atoms with E-state index in [0.29, 0.717) is 6.98 Å². The van der Waals surface area contributed by atoms with Gasteiger partial charge in [-0.25, -0.2) is 0 Å². The van der Waals surface area contributed by atoms with Crippen molar-refractivity contribution >= 4 is 15.1 Å². The Bertz CT molecular complexity index is 296. The molecular formula is C14H31BN2Si. The maximum absolute atomic E-state index is 2.54. The Morgan fingerprint density at radius 2 is 1.17 bits per heavy atom. The average molecular weight is 266 g/mol. The first-order valence-electron chi connectivity index (χ1n) is 7.08. The molecule has 0 spiro atoms. The quantitative estimate of drug-likeness (QED) is 0.696. The van der Waals surface area contributed by atoms with Crippen LogP contribution in [0, 0.1) is 0 Å². The van der Waals surface area contributed by atoms with Crippen LogP contribution in [0.1, 0.15) is 41.5 Å². The zero-order chi connectivity index (χ0) is 14.4. The maximum atomic E-state index is 2.54. The Balaban J connectivity index is 3.01. The third-order valence-corrected chi connectivity index (χ3v) is 4.96. The first-order chi connectivity index (χ1) is 7.82. The summed E-state index contributed by atoms with van der Waals surface area (Å²) in [4.78, 5) is 5.08. The molecule has 0 aromatic heterocycles. The molecule has 4 heteroatoms. The van der Waals surface area contributed by atoms with Crippen LogP contribution in [0.5, 0.6) is 0 Å². The minimum absolute atomic E-state index is 0.195. The van der Waals surface area contributed by atoms with E-state index < -0.39 is 8.07 Å². The van der Waals surface area contributed by atoms with E-state index in [1.807, 2.05) is 0 Å². The van der Waals surface area contributed by atoms with Crippen molar-refractivity contribution in [2.24, 2.45) is 0 Å². The molecule has 0 saturated heterocycles. The van der Waals surface area contributed by atoms with Gasteiger partial charge in [0.2, 0.25) is 0 Å². The maximum Gasteiger partial charge on any atom is 0.372 e. The monoisotopic (exact) mass is 266 g/mol. The van der Waals surface area contributed by atoms with E-state index in [1.165, 1.54) is 5.94 Å². The molecule has 0 aliphatic carbocycles. The molecule has 2 nitrogen and oxygen atoms in total. The molecule has 1 aliphatic rings. The Kier molecular flexibility index (Phi) is 4.03. The van der Waals surface area contributed by atoms with Crippen LogP contribution in [0.2, 0.25) is 25.6 Å². The van der Waals surface area contributed by atoms with Crippen molar-refractivity contribution in [3.63, 3.8) is 0 Å². The summed E-state index contributed by atoms with van der Waals surface area (Å²) in [6.45, 7) is 21.8. The standard InChI is InChI=1S/C14H31BN2Si/c1-13(2,3)16-10-11-17(14(4,5)6)15(16)12-18(7,8)9/h10-11H,12H2,1-9H3. The van der Waals surface area contributed by atoms with Crippen molar-refractivity contribution in [2.75, 3.05) is 0 Å². The minimum atomic E-state index is -1.09. The molecular weight excluding hydrogens is 235 g/mol. The average Bonchev–Trinajstić information content (AvgIpc) is 2.41. The van der Waals surface area contributed by atoms with E-state index in [4.69, 9.17) is 0 Å². The van der Waals surface area contributed by atoms with Crippen LogP contribution in [0.25, 0.3) is 0 Å². The largest absolute Gasteiger partial charge is 0.396 e. The molecule has 1 rings (SSSR count). The molecule has 1 heterocycles. The number of hydrogen-bond acceptors (Lipinski definition) is 2. The lowest BCUT2D eigenvalue weighted by atomic mass is 9.70. The summed E-state index contributed by atoms with van der Waals surface area (Å²) in [6, 6.07) is 0. The van der Waals surface area contributed by atoms with Crippen molar-refractivity contribution < 1.29 is 0 Å². The van der Waals surface area contributed by atoms with Gasteiger partial charge in [0.25, 0.3) is 0 Å². The normalized spacial score (nSPS) is 17.9. The molecule has 0 bridgehead atoms. The molecule has 0 aromatic rings. The minimum Gasteiger partial charge on any atom is -0.396 e. The molecule has 104 valence electrons. The SMILES string of the molecule is CC(C)(C)N1C=CN(C(C)(C)C)B1C[Si](C)(C)C. The van der Waals surface area contributed by atoms with Gasteiger partial charge >= 0.3 is 6.98 Å². The van der Waals surface area contributed by atoms with E-state index in [-0.39, 0.29) is 11.1 Å². The topological polar surface area (TPSA) is 6.48 Å². The Morgan fingerprint density at radius 1 is 0.833 bits per heavy atom. The van der Waals surface area contributed by atoms with Gasteiger partial charge < -0.3 is 9.62 Å². The molecule has 18 heavy (non-hydrogen) atoms. The van der Waals surface area contributed by atoms with E-state index in [9.17, 15) is 0 Å². The summed E-state index contributed by atoms with van der Waals surface area (Å²) in [5.74, 6) is 1.31. The highest BCUT2D eigenvalue weighted by Gasteiger charge is 2.44. The van der Waals surface area contributed by atoms with E-state index in [0.717, 1.165) is 0 Å². The molecule has 0 amide bonds. The zero-order valence-corrected chi connectivity index (χ0v) is 14.8. The lowest BCUT2D eigenvalue weighted by molar-refractivity contribution is 0.281. The number of rotatable bonds is 2. The fourth-order valence-electron chi connectivity index (χ4n) is 2.56. The second-order valence-corrected chi connectivity index (χ2v) is 14.2. The molecule has 0 radical (unpaired) electrons. The van der Waals surface area contributed by atoms with E-state index in [2.05, 4.69) is 83.2 Å². The first kappa shape index (κ1) is 15.7. The van der Waals surface area contributed by atoms with Gasteiger partial charge in [0, 0.05) is 31.6 Å². The van der Waals surface area contributed by atoms with Gasteiger partial charge in [-0.3, -0.25) is 0 Å². The number of nitrogens with zero attached hydrogens (tertiary/aromatic N) is 2. The lowest BCUT2D eigenvalue weighted by Crippen LogP contribution is -2.58. The smallest absolute Gasteiger partial charge is 0.372 e. The second-order valence-electron chi connectivity index (χ2n) is 8.70. The Morgan fingerprint density at radius 3 is 1.39 bits per heavy atom. The third-order valence-electron chi connectivity index (χ3n) is 3.37. The molecule has 0 aromatic carbocycles. The highest BCUT2D eigenvalue weighted by atomic mass is 28.3. The van der Waals surface area contributed by atoms with Crippen molar-refractivity contribution in [1.29, 1.82) is 0 Å². The predicted octanol–water partition coefficient (Wildman–Crippen LogP) is 4.04. The molecule has 1 aliphatic heterocycles. The molecule has 0 N–H and O–H groups in total. The summed E-state index contributed by atoms with van der Waals surface area (Å²) in [6.07, 6.45) is 4.58. The van der Waals surface area contributed by atoms with Gasteiger partial charge in [0.05, 0.1) is 0 Å². The molecule has 0 fully saturated rings. The Labute approximate surface area is 116 Å². The van der Waals surface area contributed by atoms with Gasteiger partial charge in [-0.05, 0) is 47.5 Å². The van der Waals surface area contributed by atoms with Crippen molar-refractivity contribution in [3.8, 4) is 0 Å². The zero-order valence-electron chi connectivity index (χ0n) is 13.8. The molecule has 0 saturated carbocycles. The van der Waals surface area contributed by atoms with Crippen LogP contribution in [-0.4, -0.2) is 35.8 Å². The summed E-state index contributed by atoms with van der Waals surface area (Å²) in [5, 5.41) is 0. The van der Waals surface area contributed by atoms with Crippen molar-refractivity contribution in [2.45, 2.75) is 78.2 Å². The van der Waals surface area contributed by atoms with Crippen LogP contribution < -0.4 is 0 Å². The van der Waals surface area contributed by atoms with Crippen LogP contribution in [-0.2, 0) is 0 Å². The molecule has 0 unspecified atom stereocenters. The van der Waals surface area contributed by atoms with Crippen LogP contribution in [0.4, 0.5) is 0 Å². The third kappa shape index (κ3) is 3.81. The van der Waals surface area contributed by atoms with Crippen LogP contribution in [0.3, 0.4) is 0 Å². The first-order valence-corrected chi connectivity index (χ1v) is 10.8. The second kappa shape index (κ2) is 4.62. The van der Waals surface area contributed by atoms with Crippen LogP contribution in [0.15, 0.2) is 12.4 Å². The fraction of sp³-hybridized carbons (Fsp3) is 0.857. The lowest BCUT2D eigenvalue weighted by Gasteiger charge is -2.44. The van der Waals surface area contributed by atoms with Gasteiger partial charge in [-0.2, -0.15) is 0 Å². The van der Waals surface area contributed by atoms with Gasteiger partial charge in [-0.1, -0.05) is 19.6 Å². The summed E-state index contributed by atoms with van der Waals surface area (Å²) < 4.78 is 0. The van der Waals surface area contributed by atoms with Crippen LogP contribution >= 0.6 is 0 Å². The Hall–Kier alpha value is -0.378. The summed E-state index contributed by atoms with van der Waals surface area (Å²) in [7, 11) is -1.09. The van der Waals surface area contributed by atoms with E-state index >= 15 is 0 Å². The van der Waals surface area contributed by atoms with Crippen molar-refractivity contribution in [1.82, 2.24) is 9.62 Å². The van der Waals surface area contributed by atoms with E-state index in [1.54, 1.807) is 0 Å². The van der Waals surface area contributed by atoms with Gasteiger partial charge in [0.15, 0.2) is 0 Å². The summed E-state index contributed by atoms with van der Waals surface area (Å²) >= 11 is 0. The highest BCUT2D eigenvalue weighted by Crippen LogP contribution is 2.32.